The second kappa shape index (κ2) is 4.53. The van der Waals surface area contributed by atoms with E-state index in [-0.39, 0.29) is 11.9 Å². The number of rotatable bonds is 3. The molecule has 0 N–H and O–H groups in total. The van der Waals surface area contributed by atoms with Crippen molar-refractivity contribution >= 4 is 21.8 Å². The Labute approximate surface area is 104 Å². The number of hydrogen-bond donors (Lipinski definition) is 0. The Morgan fingerprint density at radius 3 is 2.69 bits per heavy atom. The third kappa shape index (κ3) is 2.43. The van der Waals surface area contributed by atoms with Gasteiger partial charge in [-0.15, -0.1) is 0 Å². The highest BCUT2D eigenvalue weighted by Crippen LogP contribution is 2.30. The van der Waals surface area contributed by atoms with Gasteiger partial charge < -0.3 is 4.90 Å². The molecule has 1 aliphatic carbocycles. The lowest BCUT2D eigenvalue weighted by Gasteiger charge is -2.26. The van der Waals surface area contributed by atoms with E-state index in [0.717, 1.165) is 17.3 Å². The molecule has 1 amide bonds. The Morgan fingerprint density at radius 1 is 1.50 bits per heavy atom. The van der Waals surface area contributed by atoms with E-state index in [0.29, 0.717) is 11.6 Å². The van der Waals surface area contributed by atoms with E-state index in [1.807, 2.05) is 11.0 Å². The van der Waals surface area contributed by atoms with Gasteiger partial charge in [-0.25, -0.2) is 0 Å². The molecule has 4 heteroatoms. The van der Waals surface area contributed by atoms with Gasteiger partial charge in [0.2, 0.25) is 0 Å². The summed E-state index contributed by atoms with van der Waals surface area (Å²) in [6, 6.07) is 2.51. The fourth-order valence-electron chi connectivity index (χ4n) is 1.85. The Hall–Kier alpha value is -0.900. The molecule has 0 atom stereocenters. The van der Waals surface area contributed by atoms with Crippen LogP contribution in [0.1, 0.15) is 37.0 Å². The van der Waals surface area contributed by atoms with Gasteiger partial charge in [0.15, 0.2) is 0 Å². The lowest BCUT2D eigenvalue weighted by molar-refractivity contribution is 0.0689. The second-order valence-electron chi connectivity index (χ2n) is 4.43. The van der Waals surface area contributed by atoms with Gasteiger partial charge in [0.1, 0.15) is 0 Å². The first-order valence-electron chi connectivity index (χ1n) is 5.53. The number of hydrogen-bond acceptors (Lipinski definition) is 2. The van der Waals surface area contributed by atoms with Crippen molar-refractivity contribution in [2.75, 3.05) is 0 Å². The van der Waals surface area contributed by atoms with E-state index in [9.17, 15) is 4.79 Å². The minimum absolute atomic E-state index is 0.0892. The Kier molecular flexibility index (Phi) is 3.28. The molecular formula is C12H15BrN2O. The summed E-state index contributed by atoms with van der Waals surface area (Å²) in [5.41, 5.74) is 0.662. The molecule has 1 aliphatic rings. The first-order valence-corrected chi connectivity index (χ1v) is 6.32. The number of nitrogens with zero attached hydrogens (tertiary/aromatic N) is 2. The second-order valence-corrected chi connectivity index (χ2v) is 5.34. The highest BCUT2D eigenvalue weighted by atomic mass is 79.9. The number of halogens is 1. The number of amides is 1. The van der Waals surface area contributed by atoms with Crippen LogP contribution in [-0.2, 0) is 0 Å². The third-order valence-electron chi connectivity index (χ3n) is 2.68. The molecular weight excluding hydrogens is 268 g/mol. The fraction of sp³-hybridized carbons (Fsp3) is 0.500. The van der Waals surface area contributed by atoms with E-state index >= 15 is 0 Å². The normalized spacial score (nSPS) is 15.2. The molecule has 0 radical (unpaired) electrons. The first kappa shape index (κ1) is 11.6. The van der Waals surface area contributed by atoms with E-state index in [4.69, 9.17) is 0 Å². The summed E-state index contributed by atoms with van der Waals surface area (Å²) in [6.07, 6.45) is 5.58. The van der Waals surface area contributed by atoms with Crippen LogP contribution in [0.2, 0.25) is 0 Å². The monoisotopic (exact) mass is 282 g/mol. The lowest BCUT2D eigenvalue weighted by atomic mass is 10.2. The van der Waals surface area contributed by atoms with Crippen LogP contribution in [0.5, 0.6) is 0 Å². The number of carbonyl (C=O) groups excluding carboxylic acids is 1. The molecule has 0 aliphatic heterocycles. The van der Waals surface area contributed by atoms with E-state index < -0.39 is 0 Å². The predicted molar refractivity (Wildman–Crippen MR) is 66.3 cm³/mol. The minimum atomic E-state index is 0.0892. The minimum Gasteiger partial charge on any atom is -0.333 e. The third-order valence-corrected chi connectivity index (χ3v) is 3.12. The van der Waals surface area contributed by atoms with Crippen molar-refractivity contribution in [1.29, 1.82) is 0 Å². The standard InChI is InChI=1S/C12H15BrN2O/c1-8(2)15(11-3-4-11)12(16)9-5-10(13)7-14-6-9/h5-8,11H,3-4H2,1-2H3. The van der Waals surface area contributed by atoms with Crippen molar-refractivity contribution in [3.63, 3.8) is 0 Å². The van der Waals surface area contributed by atoms with Gasteiger partial charge >= 0.3 is 0 Å². The van der Waals surface area contributed by atoms with Crippen molar-refractivity contribution in [2.24, 2.45) is 0 Å². The fourth-order valence-corrected chi connectivity index (χ4v) is 2.22. The summed E-state index contributed by atoms with van der Waals surface area (Å²) in [5, 5.41) is 0. The number of aromatic nitrogens is 1. The molecule has 0 aromatic carbocycles. The summed E-state index contributed by atoms with van der Waals surface area (Å²) < 4.78 is 0.845. The van der Waals surface area contributed by atoms with Crippen LogP contribution in [0, 0.1) is 0 Å². The maximum absolute atomic E-state index is 12.3. The van der Waals surface area contributed by atoms with Crippen molar-refractivity contribution < 1.29 is 4.79 Å². The van der Waals surface area contributed by atoms with E-state index in [2.05, 4.69) is 34.8 Å². The van der Waals surface area contributed by atoms with Gasteiger partial charge in [-0.2, -0.15) is 0 Å². The molecule has 1 aromatic heterocycles. The molecule has 86 valence electrons. The molecule has 0 spiro atoms. The molecule has 2 rings (SSSR count). The topological polar surface area (TPSA) is 33.2 Å². The van der Waals surface area contributed by atoms with E-state index in [1.165, 1.54) is 0 Å². The van der Waals surface area contributed by atoms with Crippen LogP contribution in [0.15, 0.2) is 22.9 Å². The van der Waals surface area contributed by atoms with Gasteiger partial charge in [0, 0.05) is 29.0 Å². The van der Waals surface area contributed by atoms with Crippen molar-refractivity contribution in [3.8, 4) is 0 Å². The van der Waals surface area contributed by atoms with E-state index in [1.54, 1.807) is 12.4 Å². The maximum Gasteiger partial charge on any atom is 0.255 e. The summed E-state index contributed by atoms with van der Waals surface area (Å²) in [6.45, 7) is 4.11. The highest BCUT2D eigenvalue weighted by molar-refractivity contribution is 9.10. The highest BCUT2D eigenvalue weighted by Gasteiger charge is 2.34. The largest absolute Gasteiger partial charge is 0.333 e. The predicted octanol–water partition coefficient (Wildman–Crippen LogP) is 2.86. The van der Waals surface area contributed by atoms with Gasteiger partial charge in [-0.3, -0.25) is 9.78 Å². The van der Waals surface area contributed by atoms with Crippen LogP contribution in [-0.4, -0.2) is 27.9 Å². The van der Waals surface area contributed by atoms with Crippen molar-refractivity contribution in [1.82, 2.24) is 9.88 Å². The van der Waals surface area contributed by atoms with Crippen LogP contribution in [0.25, 0.3) is 0 Å². The quantitative estimate of drug-likeness (QED) is 0.854. The molecule has 1 saturated carbocycles. The zero-order valence-corrected chi connectivity index (χ0v) is 11.1. The molecule has 1 heterocycles. The SMILES string of the molecule is CC(C)N(C(=O)c1cncc(Br)c1)C1CC1. The first-order chi connectivity index (χ1) is 7.59. The summed E-state index contributed by atoms with van der Waals surface area (Å²) in [5.74, 6) is 0.0892. The maximum atomic E-state index is 12.3. The molecule has 0 bridgehead atoms. The zero-order valence-electron chi connectivity index (χ0n) is 9.48. The van der Waals surface area contributed by atoms with Crippen molar-refractivity contribution in [2.45, 2.75) is 38.8 Å². The molecule has 1 aromatic rings. The molecule has 0 unspecified atom stereocenters. The van der Waals surface area contributed by atoms with Gasteiger partial charge in [0.05, 0.1) is 5.56 Å². The number of pyridine rings is 1. The molecule has 0 saturated heterocycles. The van der Waals surface area contributed by atoms with Crippen LogP contribution >= 0.6 is 15.9 Å². The summed E-state index contributed by atoms with van der Waals surface area (Å²) >= 11 is 3.34. The smallest absolute Gasteiger partial charge is 0.255 e. The van der Waals surface area contributed by atoms with Crippen LogP contribution in [0.3, 0.4) is 0 Å². The zero-order chi connectivity index (χ0) is 11.7. The molecule has 3 nitrogen and oxygen atoms in total. The average molecular weight is 283 g/mol. The summed E-state index contributed by atoms with van der Waals surface area (Å²) in [4.78, 5) is 18.3. The van der Waals surface area contributed by atoms with Crippen LogP contribution in [0.4, 0.5) is 0 Å². The van der Waals surface area contributed by atoms with Crippen molar-refractivity contribution in [3.05, 3.63) is 28.5 Å². The Balaban J connectivity index is 2.22. The molecule has 16 heavy (non-hydrogen) atoms. The van der Waals surface area contributed by atoms with Gasteiger partial charge in [-0.1, -0.05) is 0 Å². The lowest BCUT2D eigenvalue weighted by Crippen LogP contribution is -2.38. The Bertz CT molecular complexity index is 400. The summed E-state index contributed by atoms with van der Waals surface area (Å²) in [7, 11) is 0. The van der Waals surface area contributed by atoms with Gasteiger partial charge in [-0.05, 0) is 48.7 Å². The Morgan fingerprint density at radius 2 is 2.19 bits per heavy atom. The van der Waals surface area contributed by atoms with Crippen LogP contribution < -0.4 is 0 Å². The average Bonchev–Trinajstić information content (AvgIpc) is 3.01. The number of carbonyl (C=O) groups is 1. The van der Waals surface area contributed by atoms with Gasteiger partial charge in [0.25, 0.3) is 5.91 Å². The molecule has 1 fully saturated rings.